The van der Waals surface area contributed by atoms with Gasteiger partial charge in [0.2, 0.25) is 17.7 Å². The molecular weight excluding hydrogens is 554 g/mol. The number of aryl methyl sites for hydroxylation is 1. The quantitative estimate of drug-likeness (QED) is 0.339. The molecular formula is C33H34ClN3O5. The molecule has 9 heteroatoms. The van der Waals surface area contributed by atoms with Crippen LogP contribution in [-0.4, -0.2) is 51.6 Å². The molecule has 1 spiro atoms. The molecule has 0 aliphatic carbocycles. The number of ether oxygens (including phenoxy) is 1. The van der Waals surface area contributed by atoms with Gasteiger partial charge in [0.25, 0.3) is 0 Å². The Bertz CT molecular complexity index is 1500. The number of aliphatic hydroxyl groups excluding tert-OH is 1. The van der Waals surface area contributed by atoms with Gasteiger partial charge >= 0.3 is 0 Å². The zero-order valence-electron chi connectivity index (χ0n) is 23.5. The first kappa shape index (κ1) is 28.4. The lowest BCUT2D eigenvalue weighted by Gasteiger charge is -2.37. The topological polar surface area (TPSA) is 108 Å². The van der Waals surface area contributed by atoms with E-state index < -0.39 is 47.6 Å². The monoisotopic (exact) mass is 587 g/mol. The third-order valence-electron chi connectivity index (χ3n) is 9.35. The highest BCUT2D eigenvalue weighted by Crippen LogP contribution is 2.65. The molecule has 3 saturated heterocycles. The first-order valence-electron chi connectivity index (χ1n) is 14.4. The maximum Gasteiger partial charge on any atom is 0.250 e. The molecule has 8 nitrogen and oxygen atoms in total. The number of anilines is 2. The number of nitrogens with zero attached hydrogens (tertiary/aromatic N) is 1. The lowest BCUT2D eigenvalue weighted by molar-refractivity contribution is -0.148. The SMILES string of the molecule is CC[C@]12CCC3(O1)C(C(=O)Nc1c(C)cccc1Cl)N([C@H](CO)c1ccccc1)C(=O)[C@@H]3[C@H]2C(=O)Nc1ccccc1. The van der Waals surface area contributed by atoms with Crippen LogP contribution in [0.25, 0.3) is 0 Å². The van der Waals surface area contributed by atoms with E-state index in [0.29, 0.717) is 41.2 Å². The van der Waals surface area contributed by atoms with Crippen LogP contribution in [0.4, 0.5) is 11.4 Å². The van der Waals surface area contributed by atoms with Crippen LogP contribution in [0, 0.1) is 18.8 Å². The van der Waals surface area contributed by atoms with E-state index in [-0.39, 0.29) is 11.8 Å². The second-order valence-electron chi connectivity index (χ2n) is 11.5. The normalized spacial score (nSPS) is 28.4. The number of carbonyl (C=O) groups is 3. The molecule has 2 unspecified atom stereocenters. The summed E-state index contributed by atoms with van der Waals surface area (Å²) >= 11 is 6.49. The zero-order valence-corrected chi connectivity index (χ0v) is 24.3. The van der Waals surface area contributed by atoms with Crippen molar-refractivity contribution < 1.29 is 24.2 Å². The third-order valence-corrected chi connectivity index (χ3v) is 9.67. The van der Waals surface area contributed by atoms with E-state index in [1.165, 1.54) is 4.90 Å². The lowest BCUT2D eigenvalue weighted by Crippen LogP contribution is -2.54. The molecule has 3 N–H and O–H groups in total. The van der Waals surface area contributed by atoms with Gasteiger partial charge in [0.05, 0.1) is 40.8 Å². The van der Waals surface area contributed by atoms with Crippen molar-refractivity contribution in [2.24, 2.45) is 11.8 Å². The minimum Gasteiger partial charge on any atom is -0.394 e. The number of carbonyl (C=O) groups excluding carboxylic acids is 3. The number of halogens is 1. The summed E-state index contributed by atoms with van der Waals surface area (Å²) in [4.78, 5) is 44.5. The van der Waals surface area contributed by atoms with Gasteiger partial charge in [0.1, 0.15) is 11.6 Å². The van der Waals surface area contributed by atoms with E-state index in [4.69, 9.17) is 16.3 Å². The fourth-order valence-corrected chi connectivity index (χ4v) is 7.71. The number of fused-ring (bicyclic) bond motifs is 1. The molecule has 0 aromatic heterocycles. The van der Waals surface area contributed by atoms with Gasteiger partial charge in [-0.1, -0.05) is 79.2 Å². The first-order valence-corrected chi connectivity index (χ1v) is 14.7. The summed E-state index contributed by atoms with van der Waals surface area (Å²) in [5.41, 5.74) is 0.367. The van der Waals surface area contributed by atoms with Gasteiger partial charge in [-0.2, -0.15) is 0 Å². The Morgan fingerprint density at radius 3 is 2.33 bits per heavy atom. The van der Waals surface area contributed by atoms with Gasteiger partial charge in [-0.25, -0.2) is 0 Å². The fraction of sp³-hybridized carbons (Fsp3) is 0.364. The molecule has 42 heavy (non-hydrogen) atoms. The number of hydrogen-bond acceptors (Lipinski definition) is 5. The van der Waals surface area contributed by atoms with Crippen molar-refractivity contribution in [3.63, 3.8) is 0 Å². The average Bonchev–Trinajstić information content (AvgIpc) is 3.60. The molecule has 2 bridgehead atoms. The molecule has 3 fully saturated rings. The highest BCUT2D eigenvalue weighted by molar-refractivity contribution is 6.34. The maximum absolute atomic E-state index is 14.6. The van der Waals surface area contributed by atoms with Crippen LogP contribution in [-0.2, 0) is 19.1 Å². The van der Waals surface area contributed by atoms with Crippen molar-refractivity contribution in [3.05, 3.63) is 95.0 Å². The van der Waals surface area contributed by atoms with E-state index in [9.17, 15) is 19.5 Å². The van der Waals surface area contributed by atoms with Crippen LogP contribution >= 0.6 is 11.6 Å². The Balaban J connectivity index is 1.46. The lowest BCUT2D eigenvalue weighted by atomic mass is 9.65. The summed E-state index contributed by atoms with van der Waals surface area (Å²) in [5, 5.41) is 17.0. The van der Waals surface area contributed by atoms with E-state index in [1.54, 1.807) is 24.3 Å². The largest absolute Gasteiger partial charge is 0.394 e. The van der Waals surface area contributed by atoms with Crippen LogP contribution < -0.4 is 10.6 Å². The molecule has 3 heterocycles. The highest BCUT2D eigenvalue weighted by atomic mass is 35.5. The van der Waals surface area contributed by atoms with Gasteiger partial charge < -0.3 is 25.4 Å². The van der Waals surface area contributed by atoms with Crippen molar-refractivity contribution in [1.29, 1.82) is 0 Å². The van der Waals surface area contributed by atoms with Gasteiger partial charge in [0.15, 0.2) is 0 Å². The highest BCUT2D eigenvalue weighted by Gasteiger charge is 2.79. The van der Waals surface area contributed by atoms with E-state index in [0.717, 1.165) is 5.56 Å². The molecule has 0 saturated carbocycles. The molecule has 218 valence electrons. The average molecular weight is 588 g/mol. The van der Waals surface area contributed by atoms with Crippen LogP contribution in [0.15, 0.2) is 78.9 Å². The number of likely N-dealkylation sites (tertiary alicyclic amines) is 1. The van der Waals surface area contributed by atoms with Gasteiger partial charge in [-0.05, 0) is 55.5 Å². The van der Waals surface area contributed by atoms with Crippen molar-refractivity contribution >= 4 is 40.7 Å². The maximum atomic E-state index is 14.6. The number of hydrogen-bond donors (Lipinski definition) is 3. The van der Waals surface area contributed by atoms with Crippen LogP contribution in [0.3, 0.4) is 0 Å². The molecule has 6 atom stereocenters. The number of para-hydroxylation sites is 2. The van der Waals surface area contributed by atoms with Crippen LogP contribution in [0.2, 0.25) is 5.02 Å². The Morgan fingerprint density at radius 1 is 1.00 bits per heavy atom. The van der Waals surface area contributed by atoms with Crippen molar-refractivity contribution in [1.82, 2.24) is 4.90 Å². The molecule has 3 aliphatic rings. The smallest absolute Gasteiger partial charge is 0.250 e. The third kappa shape index (κ3) is 4.32. The molecule has 3 aliphatic heterocycles. The summed E-state index contributed by atoms with van der Waals surface area (Å²) in [6.07, 6.45) is 1.46. The van der Waals surface area contributed by atoms with E-state index >= 15 is 0 Å². The van der Waals surface area contributed by atoms with Gasteiger partial charge in [-0.15, -0.1) is 0 Å². The van der Waals surface area contributed by atoms with Gasteiger partial charge in [0, 0.05) is 5.69 Å². The van der Waals surface area contributed by atoms with Crippen molar-refractivity contribution in [3.8, 4) is 0 Å². The van der Waals surface area contributed by atoms with Gasteiger partial charge in [-0.3, -0.25) is 14.4 Å². The molecule has 6 rings (SSSR count). The fourth-order valence-electron chi connectivity index (χ4n) is 7.44. The number of nitrogens with one attached hydrogen (secondary N) is 2. The van der Waals surface area contributed by atoms with Crippen molar-refractivity contribution in [2.75, 3.05) is 17.2 Å². The Morgan fingerprint density at radius 2 is 1.69 bits per heavy atom. The standard InChI is InChI=1S/C33H34ClN3O5/c1-3-32-17-18-33(42-32)26(25(32)29(39)35-22-14-8-5-9-15-22)31(41)37(24(19-38)21-12-6-4-7-13-21)28(33)30(40)36-27-20(2)11-10-16-23(27)34/h4-16,24-26,28,38H,3,17-19H2,1-2H3,(H,35,39)(H,36,40)/t24-,25+,26+,28?,32-,33?/m1/s1. The van der Waals surface area contributed by atoms with Crippen LogP contribution in [0.5, 0.6) is 0 Å². The molecule has 0 radical (unpaired) electrons. The summed E-state index contributed by atoms with van der Waals surface area (Å²) < 4.78 is 6.86. The summed E-state index contributed by atoms with van der Waals surface area (Å²) in [6.45, 7) is 3.38. The molecule has 3 amide bonds. The molecule has 3 aromatic rings. The van der Waals surface area contributed by atoms with E-state index in [2.05, 4.69) is 10.6 Å². The zero-order chi connectivity index (χ0) is 29.6. The second kappa shape index (κ2) is 10.8. The number of aliphatic hydroxyl groups is 1. The number of amides is 3. The Labute approximate surface area is 250 Å². The predicted octanol–water partition coefficient (Wildman–Crippen LogP) is 5.11. The number of benzene rings is 3. The predicted molar refractivity (Wildman–Crippen MR) is 160 cm³/mol. The van der Waals surface area contributed by atoms with Crippen LogP contribution in [0.1, 0.15) is 43.4 Å². The number of rotatable bonds is 8. The van der Waals surface area contributed by atoms with Crippen molar-refractivity contribution in [2.45, 2.75) is 56.4 Å². The second-order valence-corrected chi connectivity index (χ2v) is 11.9. The Kier molecular flexibility index (Phi) is 7.33. The summed E-state index contributed by atoms with van der Waals surface area (Å²) in [5.74, 6) is -2.88. The summed E-state index contributed by atoms with van der Waals surface area (Å²) in [7, 11) is 0. The first-order chi connectivity index (χ1) is 20.3. The Hall–Kier alpha value is -3.72. The molecule has 3 aromatic carbocycles. The minimum absolute atomic E-state index is 0.314. The van der Waals surface area contributed by atoms with E-state index in [1.807, 2.05) is 68.4 Å². The minimum atomic E-state index is -1.26. The summed E-state index contributed by atoms with van der Waals surface area (Å²) in [6, 6.07) is 21.6.